The number of hydrogen-bond donors (Lipinski definition) is 3. The maximum absolute atomic E-state index is 6.14. The molecule has 1 unspecified atom stereocenters. The van der Waals surface area contributed by atoms with E-state index in [1.807, 2.05) is 42.6 Å². The molecule has 0 bridgehead atoms. The predicted molar refractivity (Wildman–Crippen MR) is 126 cm³/mol. The van der Waals surface area contributed by atoms with Crippen molar-refractivity contribution >= 4 is 52.4 Å². The number of fused-ring (bicyclic) bond motifs is 2. The van der Waals surface area contributed by atoms with Crippen molar-refractivity contribution in [1.29, 1.82) is 0 Å². The third kappa shape index (κ3) is 4.55. The normalized spacial score (nSPS) is 16.1. The molecular formula is C21H24ClIN4O. The van der Waals surface area contributed by atoms with Crippen LogP contribution < -0.4 is 15.4 Å². The Morgan fingerprint density at radius 3 is 3.00 bits per heavy atom. The number of benzene rings is 2. The monoisotopic (exact) mass is 510 g/mol. The zero-order valence-electron chi connectivity index (χ0n) is 15.7. The van der Waals surface area contributed by atoms with E-state index in [-0.39, 0.29) is 30.0 Å². The van der Waals surface area contributed by atoms with Crippen molar-refractivity contribution in [2.75, 3.05) is 20.2 Å². The summed E-state index contributed by atoms with van der Waals surface area (Å²) in [6, 6.07) is 14.3. The number of H-pyrrole nitrogens is 1. The third-order valence-electron chi connectivity index (χ3n) is 4.91. The number of rotatable bonds is 4. The molecule has 1 aliphatic heterocycles. The lowest BCUT2D eigenvalue weighted by atomic mass is 10.0. The van der Waals surface area contributed by atoms with Crippen LogP contribution in [0.2, 0.25) is 5.02 Å². The molecule has 0 saturated heterocycles. The van der Waals surface area contributed by atoms with Gasteiger partial charge in [0.15, 0.2) is 5.96 Å². The van der Waals surface area contributed by atoms with Crippen LogP contribution in [0.4, 0.5) is 0 Å². The Kier molecular flexibility index (Phi) is 7.07. The van der Waals surface area contributed by atoms with Crippen LogP contribution >= 0.6 is 35.6 Å². The molecule has 1 aromatic heterocycles. The van der Waals surface area contributed by atoms with Crippen molar-refractivity contribution in [1.82, 2.24) is 15.6 Å². The fourth-order valence-electron chi connectivity index (χ4n) is 3.52. The minimum absolute atomic E-state index is 0. The van der Waals surface area contributed by atoms with Gasteiger partial charge < -0.3 is 20.4 Å². The second kappa shape index (κ2) is 9.52. The van der Waals surface area contributed by atoms with Gasteiger partial charge in [0.05, 0.1) is 12.6 Å². The summed E-state index contributed by atoms with van der Waals surface area (Å²) >= 11 is 6.14. The number of aromatic amines is 1. The molecule has 1 aliphatic rings. The Balaban J connectivity index is 0.00000225. The first-order chi connectivity index (χ1) is 13.2. The van der Waals surface area contributed by atoms with Gasteiger partial charge >= 0.3 is 0 Å². The molecule has 0 amide bonds. The van der Waals surface area contributed by atoms with Gasteiger partial charge in [-0.25, -0.2) is 0 Å². The molecule has 7 heteroatoms. The number of para-hydroxylation sites is 1. The van der Waals surface area contributed by atoms with Gasteiger partial charge in [-0.3, -0.25) is 4.99 Å². The van der Waals surface area contributed by atoms with E-state index in [1.54, 1.807) is 7.05 Å². The zero-order valence-corrected chi connectivity index (χ0v) is 18.8. The van der Waals surface area contributed by atoms with Gasteiger partial charge in [0.2, 0.25) is 0 Å². The minimum Gasteiger partial charge on any atom is -0.493 e. The second-order valence-corrected chi connectivity index (χ2v) is 7.06. The zero-order chi connectivity index (χ0) is 18.6. The van der Waals surface area contributed by atoms with E-state index < -0.39 is 0 Å². The summed E-state index contributed by atoms with van der Waals surface area (Å²) in [5.74, 6) is 1.75. The molecule has 0 aliphatic carbocycles. The molecule has 3 aromatic rings. The van der Waals surface area contributed by atoms with E-state index in [2.05, 4.69) is 26.7 Å². The van der Waals surface area contributed by atoms with Gasteiger partial charge in [0.1, 0.15) is 5.75 Å². The number of nitrogens with zero attached hydrogens (tertiary/aromatic N) is 1. The highest BCUT2D eigenvalue weighted by Gasteiger charge is 2.21. The minimum atomic E-state index is 0. The molecule has 0 spiro atoms. The summed E-state index contributed by atoms with van der Waals surface area (Å²) in [7, 11) is 1.80. The average Bonchev–Trinajstić information content (AvgIpc) is 3.09. The third-order valence-corrected chi connectivity index (χ3v) is 5.14. The lowest BCUT2D eigenvalue weighted by Gasteiger charge is -2.28. The highest BCUT2D eigenvalue weighted by molar-refractivity contribution is 14.0. The molecule has 3 N–H and O–H groups in total. The molecule has 148 valence electrons. The lowest BCUT2D eigenvalue weighted by Crippen LogP contribution is -2.41. The number of guanidine groups is 1. The van der Waals surface area contributed by atoms with E-state index in [9.17, 15) is 0 Å². The van der Waals surface area contributed by atoms with Gasteiger partial charge in [0.25, 0.3) is 0 Å². The van der Waals surface area contributed by atoms with E-state index in [1.165, 1.54) is 16.5 Å². The number of halogens is 2. The standard InChI is InChI=1S/C21H23ClN4O.HI/c1-23-21(26-19-9-11-27-20-5-3-2-4-16(19)20)24-10-8-14-13-25-18-7-6-15(22)12-17(14)18;/h2-7,12-13,19,25H,8-11H2,1H3,(H2,23,24,26);1H. The Morgan fingerprint density at radius 2 is 2.14 bits per heavy atom. The van der Waals surface area contributed by atoms with Gasteiger partial charge in [-0.2, -0.15) is 0 Å². The first-order valence-electron chi connectivity index (χ1n) is 9.19. The Bertz CT molecular complexity index is 972. The van der Waals surface area contributed by atoms with Crippen molar-refractivity contribution in [3.05, 3.63) is 64.8 Å². The molecule has 0 saturated carbocycles. The van der Waals surface area contributed by atoms with Gasteiger partial charge in [0, 0.05) is 47.7 Å². The molecule has 5 nitrogen and oxygen atoms in total. The maximum atomic E-state index is 6.14. The Hall–Kier alpha value is -1.93. The molecule has 0 radical (unpaired) electrons. The molecule has 1 atom stereocenters. The van der Waals surface area contributed by atoms with Crippen molar-refractivity contribution in [3.63, 3.8) is 0 Å². The molecule has 0 fully saturated rings. The predicted octanol–water partition coefficient (Wildman–Crippen LogP) is 4.67. The summed E-state index contributed by atoms with van der Waals surface area (Å²) in [4.78, 5) is 7.67. The topological polar surface area (TPSA) is 61.4 Å². The highest BCUT2D eigenvalue weighted by atomic mass is 127. The molecular weight excluding hydrogens is 487 g/mol. The van der Waals surface area contributed by atoms with Gasteiger partial charge in [-0.15, -0.1) is 24.0 Å². The van der Waals surface area contributed by atoms with E-state index in [0.717, 1.165) is 41.6 Å². The summed E-state index contributed by atoms with van der Waals surface area (Å²) in [6.07, 6.45) is 3.84. The fraction of sp³-hybridized carbons (Fsp3) is 0.286. The van der Waals surface area contributed by atoms with Crippen molar-refractivity contribution in [2.24, 2.45) is 4.99 Å². The number of ether oxygens (including phenoxy) is 1. The van der Waals surface area contributed by atoms with Crippen LogP contribution in [0.15, 0.2) is 53.7 Å². The quantitative estimate of drug-likeness (QED) is 0.272. The van der Waals surface area contributed by atoms with Crippen LogP contribution in [0.3, 0.4) is 0 Å². The molecule has 2 heterocycles. The Labute approximate surface area is 186 Å². The molecule has 2 aromatic carbocycles. The summed E-state index contributed by atoms with van der Waals surface area (Å²) in [5.41, 5.74) is 3.53. The Morgan fingerprint density at radius 1 is 1.29 bits per heavy atom. The lowest BCUT2D eigenvalue weighted by molar-refractivity contribution is 0.261. The van der Waals surface area contributed by atoms with Gasteiger partial charge in [-0.05, 0) is 36.2 Å². The summed E-state index contributed by atoms with van der Waals surface area (Å²) < 4.78 is 5.73. The van der Waals surface area contributed by atoms with Crippen molar-refractivity contribution < 1.29 is 4.74 Å². The number of aromatic nitrogens is 1. The average molecular weight is 511 g/mol. The smallest absolute Gasteiger partial charge is 0.191 e. The summed E-state index contributed by atoms with van der Waals surface area (Å²) in [6.45, 7) is 1.49. The fourth-order valence-corrected chi connectivity index (χ4v) is 3.70. The van der Waals surface area contributed by atoms with Crippen LogP contribution in [0.1, 0.15) is 23.6 Å². The summed E-state index contributed by atoms with van der Waals surface area (Å²) in [5, 5.41) is 8.86. The molecule has 4 rings (SSSR count). The van der Waals surface area contributed by atoms with Crippen LogP contribution in [0.25, 0.3) is 10.9 Å². The SMILES string of the molecule is CN=C(NCCc1c[nH]c2ccc(Cl)cc12)NC1CCOc2ccccc21.I. The van der Waals surface area contributed by atoms with E-state index in [4.69, 9.17) is 16.3 Å². The first-order valence-corrected chi connectivity index (χ1v) is 9.57. The van der Waals surface area contributed by atoms with Crippen LogP contribution in [-0.2, 0) is 6.42 Å². The second-order valence-electron chi connectivity index (χ2n) is 6.62. The first kappa shape index (κ1) is 20.8. The van der Waals surface area contributed by atoms with E-state index in [0.29, 0.717) is 6.61 Å². The van der Waals surface area contributed by atoms with Crippen molar-refractivity contribution in [3.8, 4) is 5.75 Å². The highest BCUT2D eigenvalue weighted by Crippen LogP contribution is 2.31. The van der Waals surface area contributed by atoms with Crippen LogP contribution in [-0.4, -0.2) is 31.1 Å². The van der Waals surface area contributed by atoms with Crippen LogP contribution in [0, 0.1) is 0 Å². The number of hydrogen-bond acceptors (Lipinski definition) is 2. The largest absolute Gasteiger partial charge is 0.493 e. The number of aliphatic imine (C=N–C) groups is 1. The van der Waals surface area contributed by atoms with Crippen LogP contribution in [0.5, 0.6) is 5.75 Å². The van der Waals surface area contributed by atoms with Crippen molar-refractivity contribution in [2.45, 2.75) is 18.9 Å². The van der Waals surface area contributed by atoms with E-state index >= 15 is 0 Å². The number of nitrogens with one attached hydrogen (secondary N) is 3. The van der Waals surface area contributed by atoms with Gasteiger partial charge in [-0.1, -0.05) is 29.8 Å². The molecule has 28 heavy (non-hydrogen) atoms. The maximum Gasteiger partial charge on any atom is 0.191 e.